The number of benzene rings is 1. The van der Waals surface area contributed by atoms with Crippen LogP contribution in [0.1, 0.15) is 18.1 Å². The zero-order valence-electron chi connectivity index (χ0n) is 13.2. The third-order valence-electron chi connectivity index (χ3n) is 4.29. The van der Waals surface area contributed by atoms with Crippen molar-refractivity contribution in [3.8, 4) is 0 Å². The minimum atomic E-state index is -3.69. The van der Waals surface area contributed by atoms with Crippen LogP contribution in [-0.2, 0) is 23.0 Å². The van der Waals surface area contributed by atoms with Gasteiger partial charge >= 0.3 is 0 Å². The van der Waals surface area contributed by atoms with Crippen LogP contribution in [0.2, 0.25) is 0 Å². The van der Waals surface area contributed by atoms with E-state index < -0.39 is 10.0 Å². The summed E-state index contributed by atoms with van der Waals surface area (Å²) in [6.45, 7) is 3.41. The van der Waals surface area contributed by atoms with Crippen molar-refractivity contribution in [2.24, 2.45) is 0 Å². The smallest absolute Gasteiger partial charge is 0.264 e. The van der Waals surface area contributed by atoms with Crippen LogP contribution in [0.15, 0.2) is 52.9 Å². The van der Waals surface area contributed by atoms with Crippen molar-refractivity contribution in [2.45, 2.75) is 19.9 Å². The molecule has 0 radical (unpaired) electrons. The average molecular weight is 362 g/mol. The molecule has 1 aromatic rings. The molecule has 6 nitrogen and oxygen atoms in total. The van der Waals surface area contributed by atoms with Gasteiger partial charge in [0.1, 0.15) is 4.91 Å². The molecule has 0 atom stereocenters. The van der Waals surface area contributed by atoms with E-state index in [1.807, 2.05) is 35.6 Å². The van der Waals surface area contributed by atoms with Gasteiger partial charge in [-0.25, -0.2) is 8.42 Å². The van der Waals surface area contributed by atoms with Gasteiger partial charge in [-0.3, -0.25) is 9.03 Å². The molecule has 3 aliphatic rings. The quantitative estimate of drug-likeness (QED) is 0.716. The zero-order valence-corrected chi connectivity index (χ0v) is 14.8. The van der Waals surface area contributed by atoms with Crippen molar-refractivity contribution in [1.82, 2.24) is 14.3 Å². The van der Waals surface area contributed by atoms with E-state index in [2.05, 4.69) is 20.8 Å². The van der Waals surface area contributed by atoms with Gasteiger partial charge in [0.2, 0.25) is 0 Å². The number of anilines is 1. The minimum absolute atomic E-state index is 0.309. The number of hydrogen-bond acceptors (Lipinski definition) is 6. The minimum Gasteiger partial charge on any atom is -0.316 e. The number of fused-ring (bicyclic) bond motifs is 2. The monoisotopic (exact) mass is 362 g/mol. The number of hydrogen-bond donors (Lipinski definition) is 3. The molecule has 3 aliphatic heterocycles. The van der Waals surface area contributed by atoms with E-state index >= 15 is 0 Å². The molecule has 0 saturated carbocycles. The molecule has 0 spiro atoms. The van der Waals surface area contributed by atoms with Crippen molar-refractivity contribution < 1.29 is 8.42 Å². The predicted molar refractivity (Wildman–Crippen MR) is 96.9 cm³/mol. The summed E-state index contributed by atoms with van der Waals surface area (Å²) in [5.74, 6) is 0. The van der Waals surface area contributed by atoms with Gasteiger partial charge < -0.3 is 10.0 Å². The second-order valence-corrected chi connectivity index (χ2v) is 8.30. The maximum Gasteiger partial charge on any atom is 0.264 e. The molecule has 8 heteroatoms. The van der Waals surface area contributed by atoms with E-state index in [1.165, 1.54) is 17.7 Å². The van der Waals surface area contributed by atoms with Crippen molar-refractivity contribution >= 4 is 27.8 Å². The van der Waals surface area contributed by atoms with E-state index in [9.17, 15) is 8.42 Å². The SMILES string of the molecule is CC1=C(S(=O)(=O)Nc2cccc3c2CNCC3)C2=CNSN2C=C1. The van der Waals surface area contributed by atoms with Crippen molar-refractivity contribution in [1.29, 1.82) is 0 Å². The maximum absolute atomic E-state index is 13.1. The topological polar surface area (TPSA) is 73.5 Å². The van der Waals surface area contributed by atoms with E-state index in [1.54, 1.807) is 6.20 Å². The first-order valence-electron chi connectivity index (χ1n) is 7.72. The number of rotatable bonds is 3. The molecule has 24 heavy (non-hydrogen) atoms. The molecule has 3 heterocycles. The van der Waals surface area contributed by atoms with E-state index in [-0.39, 0.29) is 0 Å². The highest BCUT2D eigenvalue weighted by Gasteiger charge is 2.32. The molecular formula is C16H18N4O2S2. The number of nitrogens with one attached hydrogen (secondary N) is 3. The van der Waals surface area contributed by atoms with E-state index in [4.69, 9.17) is 0 Å². The Kier molecular flexibility index (Phi) is 3.82. The van der Waals surface area contributed by atoms with E-state index in [0.717, 1.165) is 24.1 Å². The fourth-order valence-corrected chi connectivity index (χ4v) is 5.35. The van der Waals surface area contributed by atoms with Gasteiger partial charge in [0.05, 0.1) is 23.5 Å². The first kappa shape index (κ1) is 15.6. The van der Waals surface area contributed by atoms with Gasteiger partial charge in [0.15, 0.2) is 0 Å². The molecule has 0 aromatic heterocycles. The highest BCUT2D eigenvalue weighted by molar-refractivity contribution is 7.97. The molecule has 126 valence electrons. The Morgan fingerprint density at radius 1 is 1.33 bits per heavy atom. The summed E-state index contributed by atoms with van der Waals surface area (Å²) in [5.41, 5.74) is 4.25. The molecule has 3 N–H and O–H groups in total. The number of sulfonamides is 1. The van der Waals surface area contributed by atoms with Crippen LogP contribution >= 0.6 is 12.1 Å². The van der Waals surface area contributed by atoms with Gasteiger partial charge in [-0.05, 0) is 48.7 Å². The third-order valence-corrected chi connectivity index (χ3v) is 6.59. The van der Waals surface area contributed by atoms with Crippen molar-refractivity contribution in [2.75, 3.05) is 11.3 Å². The Morgan fingerprint density at radius 3 is 3.08 bits per heavy atom. The summed E-state index contributed by atoms with van der Waals surface area (Å²) in [7, 11) is -3.69. The fraction of sp³-hybridized carbons (Fsp3) is 0.250. The van der Waals surface area contributed by atoms with Gasteiger partial charge in [0.25, 0.3) is 10.0 Å². The van der Waals surface area contributed by atoms with E-state index in [0.29, 0.717) is 22.8 Å². The summed E-state index contributed by atoms with van der Waals surface area (Å²) < 4.78 is 33.7. The van der Waals surface area contributed by atoms with Crippen LogP contribution in [0.3, 0.4) is 0 Å². The van der Waals surface area contributed by atoms with Crippen molar-refractivity contribution in [3.63, 3.8) is 0 Å². The Hall–Kier alpha value is -1.90. The highest BCUT2D eigenvalue weighted by atomic mass is 32.2. The lowest BCUT2D eigenvalue weighted by Gasteiger charge is -2.25. The first-order chi connectivity index (χ1) is 11.6. The summed E-state index contributed by atoms with van der Waals surface area (Å²) >= 11 is 1.34. The molecule has 0 unspecified atom stereocenters. The highest BCUT2D eigenvalue weighted by Crippen LogP contribution is 2.37. The lowest BCUT2D eigenvalue weighted by atomic mass is 10.00. The first-order valence-corrected chi connectivity index (χ1v) is 9.97. The van der Waals surface area contributed by atoms with Crippen molar-refractivity contribution in [3.05, 3.63) is 64.0 Å². The van der Waals surface area contributed by atoms with Gasteiger partial charge in [-0.15, -0.1) is 0 Å². The summed E-state index contributed by atoms with van der Waals surface area (Å²) in [6.07, 6.45) is 6.30. The predicted octanol–water partition coefficient (Wildman–Crippen LogP) is 2.19. The van der Waals surface area contributed by atoms with Crippen LogP contribution in [0.4, 0.5) is 5.69 Å². The number of allylic oxidation sites excluding steroid dienone is 2. The lowest BCUT2D eigenvalue weighted by Crippen LogP contribution is -2.27. The van der Waals surface area contributed by atoms with Gasteiger partial charge in [0, 0.05) is 18.9 Å². The Balaban J connectivity index is 1.73. The number of nitrogens with zero attached hydrogens (tertiary/aromatic N) is 1. The molecule has 0 saturated heterocycles. The maximum atomic E-state index is 13.1. The molecule has 0 amide bonds. The standard InChI is InChI=1S/C16H18N4O2S2/c1-11-6-8-20-15(10-18-23-20)16(11)24(21,22)19-14-4-2-3-12-5-7-17-9-13(12)14/h2-4,6,8,10,17-19H,5,7,9H2,1H3. The molecule has 0 aliphatic carbocycles. The Morgan fingerprint density at radius 2 is 2.21 bits per heavy atom. The van der Waals surface area contributed by atoms with Crippen LogP contribution in [0.5, 0.6) is 0 Å². The zero-order chi connectivity index (χ0) is 16.7. The van der Waals surface area contributed by atoms with Gasteiger partial charge in [-0.2, -0.15) is 0 Å². The molecule has 1 aromatic carbocycles. The Labute approximate surface area is 146 Å². The fourth-order valence-electron chi connectivity index (χ4n) is 3.14. The van der Waals surface area contributed by atoms with Crippen LogP contribution in [-0.4, -0.2) is 19.3 Å². The summed E-state index contributed by atoms with van der Waals surface area (Å²) in [5, 5.41) is 3.30. The largest absolute Gasteiger partial charge is 0.316 e. The average Bonchev–Trinajstić information content (AvgIpc) is 3.02. The second kappa shape index (κ2) is 5.87. The van der Waals surface area contributed by atoms with Crippen LogP contribution in [0.25, 0.3) is 0 Å². The Bertz CT molecular complexity index is 887. The summed E-state index contributed by atoms with van der Waals surface area (Å²) in [6, 6.07) is 5.79. The summed E-state index contributed by atoms with van der Waals surface area (Å²) in [4.78, 5) is 0.309. The molecule has 0 bridgehead atoms. The van der Waals surface area contributed by atoms with Crippen LogP contribution < -0.4 is 14.8 Å². The molecule has 0 fully saturated rings. The molecular weight excluding hydrogens is 344 g/mol. The molecule has 4 rings (SSSR count). The second-order valence-electron chi connectivity index (χ2n) is 5.87. The van der Waals surface area contributed by atoms with Gasteiger partial charge in [-0.1, -0.05) is 12.1 Å². The lowest BCUT2D eigenvalue weighted by molar-refractivity contribution is 0.604. The van der Waals surface area contributed by atoms with Crippen LogP contribution in [0, 0.1) is 0 Å². The normalized spacial score (nSPS) is 19.5. The third kappa shape index (κ3) is 2.60.